The molecule has 2 nitrogen and oxygen atoms in total. The molecular weight excluding hydrogens is 356 g/mol. The average molecular weight is 372 g/mol. The number of benzene rings is 2. The van der Waals surface area contributed by atoms with Crippen molar-refractivity contribution in [2.45, 2.75) is 30.8 Å². The number of rotatable bonds is 3. The molecule has 0 saturated carbocycles. The molecule has 1 N–H and O–H groups in total. The number of alkyl halides is 2. The first-order valence-electron chi connectivity index (χ1n) is 7.67. The van der Waals surface area contributed by atoms with Gasteiger partial charge in [0, 0.05) is 28.7 Å². The van der Waals surface area contributed by atoms with E-state index in [1.54, 1.807) is 6.07 Å². The van der Waals surface area contributed by atoms with E-state index in [1.165, 1.54) is 6.07 Å². The van der Waals surface area contributed by atoms with Gasteiger partial charge in [0.2, 0.25) is 0 Å². The Hall–Kier alpha value is -1.86. The minimum absolute atomic E-state index is 0.164. The van der Waals surface area contributed by atoms with Crippen molar-refractivity contribution in [2.75, 3.05) is 5.75 Å². The van der Waals surface area contributed by atoms with Crippen LogP contribution >= 0.6 is 10.5 Å². The van der Waals surface area contributed by atoms with Crippen molar-refractivity contribution >= 4 is 15.9 Å². The fourth-order valence-electron chi connectivity index (χ4n) is 2.93. The fourth-order valence-corrected chi connectivity index (χ4v) is 4.89. The molecule has 0 radical (unpaired) electrons. The Morgan fingerprint density at radius 2 is 1.88 bits per heavy atom. The maximum Gasteiger partial charge on any atom is 0.267 e. The third kappa shape index (κ3) is 3.57. The van der Waals surface area contributed by atoms with Crippen LogP contribution in [0, 0.1) is 11.6 Å². The molecule has 0 spiro atoms. The monoisotopic (exact) mass is 372 g/mol. The second kappa shape index (κ2) is 7.17. The average Bonchev–Trinajstić information content (AvgIpc) is 2.54. The quantitative estimate of drug-likeness (QED) is 0.563. The van der Waals surface area contributed by atoms with E-state index < -0.39 is 29.7 Å². The lowest BCUT2D eigenvalue weighted by Crippen LogP contribution is -2.13. The van der Waals surface area contributed by atoms with Crippen LogP contribution in [0.15, 0.2) is 35.2 Å². The zero-order valence-electron chi connectivity index (χ0n) is 13.3. The molecule has 0 aromatic heterocycles. The number of halogens is 4. The van der Waals surface area contributed by atoms with E-state index in [0.29, 0.717) is 23.1 Å². The molecule has 2 aromatic carbocycles. The van der Waals surface area contributed by atoms with Gasteiger partial charge >= 0.3 is 0 Å². The van der Waals surface area contributed by atoms with Crippen molar-refractivity contribution in [3.05, 3.63) is 53.1 Å². The molecular formula is C18H16F4O2S. The predicted octanol–water partition coefficient (Wildman–Crippen LogP) is 5.58. The molecule has 0 fully saturated rings. The van der Waals surface area contributed by atoms with E-state index in [4.69, 9.17) is 4.74 Å². The number of hydrogen-bond donors (Lipinski definition) is 1. The summed E-state index contributed by atoms with van der Waals surface area (Å²) in [5.74, 6) is -1.46. The lowest BCUT2D eigenvalue weighted by molar-refractivity contribution is 0.129. The van der Waals surface area contributed by atoms with Crippen LogP contribution < -0.4 is 4.74 Å². The van der Waals surface area contributed by atoms with Crippen LogP contribution in [-0.4, -0.2) is 16.2 Å². The van der Waals surface area contributed by atoms with Crippen LogP contribution in [0.4, 0.5) is 17.6 Å². The van der Waals surface area contributed by atoms with Crippen molar-refractivity contribution < 1.29 is 27.4 Å². The fraction of sp³-hybridized carbons (Fsp3) is 0.278. The predicted molar refractivity (Wildman–Crippen MR) is 89.9 cm³/mol. The van der Waals surface area contributed by atoms with Gasteiger partial charge in [0.25, 0.3) is 6.43 Å². The third-order valence-corrected chi connectivity index (χ3v) is 6.17. The Morgan fingerprint density at radius 1 is 1.20 bits per heavy atom. The van der Waals surface area contributed by atoms with Gasteiger partial charge in [-0.05, 0) is 31.2 Å². The molecule has 0 saturated heterocycles. The summed E-state index contributed by atoms with van der Waals surface area (Å²) >= 11 is 0. The van der Waals surface area contributed by atoms with Gasteiger partial charge in [-0.2, -0.15) is 10.5 Å². The third-order valence-electron chi connectivity index (χ3n) is 4.00. The van der Waals surface area contributed by atoms with Gasteiger partial charge in [0.05, 0.1) is 11.7 Å². The maximum atomic E-state index is 13.7. The zero-order chi connectivity index (χ0) is 18.1. The molecule has 2 aromatic rings. The molecule has 7 heteroatoms. The molecule has 1 aliphatic rings. The van der Waals surface area contributed by atoms with Gasteiger partial charge in [0.1, 0.15) is 23.1 Å². The minimum atomic E-state index is -2.89. The summed E-state index contributed by atoms with van der Waals surface area (Å²) in [6.45, 7) is 1.85. The highest BCUT2D eigenvalue weighted by Crippen LogP contribution is 2.48. The highest BCUT2D eigenvalue weighted by Gasteiger charge is 2.30. The van der Waals surface area contributed by atoms with Crippen LogP contribution in [0.25, 0.3) is 0 Å². The molecule has 1 heterocycles. The summed E-state index contributed by atoms with van der Waals surface area (Å²) in [5, 5.41) is 12.2. The van der Waals surface area contributed by atoms with Crippen LogP contribution in [-0.2, 0) is 0 Å². The van der Waals surface area contributed by atoms with Gasteiger partial charge in [-0.15, -0.1) is 0 Å². The van der Waals surface area contributed by atoms with Gasteiger partial charge < -0.3 is 9.84 Å². The van der Waals surface area contributed by atoms with Gasteiger partial charge in [-0.25, -0.2) is 17.6 Å². The first-order chi connectivity index (χ1) is 11.9. The van der Waals surface area contributed by atoms with Crippen LogP contribution in [0.1, 0.15) is 37.0 Å². The molecule has 0 bridgehead atoms. The van der Waals surface area contributed by atoms with Crippen molar-refractivity contribution in [1.29, 1.82) is 0 Å². The van der Waals surface area contributed by atoms with E-state index in [1.807, 2.05) is 12.3 Å². The summed E-state index contributed by atoms with van der Waals surface area (Å²) < 4.78 is 59.4. The Morgan fingerprint density at radius 3 is 2.48 bits per heavy atom. The number of ether oxygens (including phenoxy) is 1. The van der Waals surface area contributed by atoms with Gasteiger partial charge in [0.15, 0.2) is 0 Å². The molecule has 0 amide bonds. The number of hydrogen-bond acceptors (Lipinski definition) is 2. The zero-order valence-corrected chi connectivity index (χ0v) is 14.1. The number of aliphatic hydroxyl groups excluding tert-OH is 1. The number of aliphatic hydroxyl groups is 1. The van der Waals surface area contributed by atoms with Gasteiger partial charge in [-0.1, -0.05) is 5.37 Å². The van der Waals surface area contributed by atoms with Crippen molar-refractivity contribution in [3.8, 4) is 11.5 Å². The SMILES string of the molecule is C/C=S1/CCC(O)c2c1ccc(Oc1cc(F)cc(F)c1)c2C(F)F. The first kappa shape index (κ1) is 17.9. The van der Waals surface area contributed by atoms with E-state index in [0.717, 1.165) is 12.1 Å². The topological polar surface area (TPSA) is 29.5 Å². The molecule has 25 heavy (non-hydrogen) atoms. The Labute approximate surface area is 145 Å². The van der Waals surface area contributed by atoms with Crippen molar-refractivity contribution in [1.82, 2.24) is 0 Å². The van der Waals surface area contributed by atoms with E-state index in [9.17, 15) is 22.7 Å². The first-order valence-corrected chi connectivity index (χ1v) is 9.12. The van der Waals surface area contributed by atoms with E-state index >= 15 is 0 Å². The summed E-state index contributed by atoms with van der Waals surface area (Å²) in [4.78, 5) is 0.661. The normalized spacial score (nSPS) is 20.0. The standard InChI is InChI=1S/C18H16F4O2S/c1-2-25-6-5-13(23)16-15(25)4-3-14(17(16)18(21)22)24-12-8-10(19)7-11(20)9-12/h2-4,7-9,13,18,23H,5-6H2,1H3. The second-order valence-electron chi connectivity index (χ2n) is 5.57. The Kier molecular flexibility index (Phi) is 5.15. The lowest BCUT2D eigenvalue weighted by atomic mass is 9.99. The minimum Gasteiger partial charge on any atom is -0.457 e. The van der Waals surface area contributed by atoms with E-state index in [-0.39, 0.29) is 27.5 Å². The largest absolute Gasteiger partial charge is 0.457 e. The number of fused-ring (bicyclic) bond motifs is 1. The van der Waals surface area contributed by atoms with E-state index in [2.05, 4.69) is 0 Å². The van der Waals surface area contributed by atoms with Gasteiger partial charge in [-0.3, -0.25) is 0 Å². The molecule has 2 unspecified atom stereocenters. The smallest absolute Gasteiger partial charge is 0.267 e. The maximum absolute atomic E-state index is 13.7. The molecule has 0 aliphatic carbocycles. The van der Waals surface area contributed by atoms with Crippen molar-refractivity contribution in [3.63, 3.8) is 0 Å². The Bertz CT molecular complexity index is 816. The Balaban J connectivity index is 2.13. The molecule has 134 valence electrons. The van der Waals surface area contributed by atoms with Crippen LogP contribution in [0.3, 0.4) is 0 Å². The molecule has 2 atom stereocenters. The summed E-state index contributed by atoms with van der Waals surface area (Å²) in [6, 6.07) is 5.50. The van der Waals surface area contributed by atoms with Crippen molar-refractivity contribution in [2.24, 2.45) is 0 Å². The summed E-state index contributed by atoms with van der Waals surface area (Å²) in [5.41, 5.74) is -0.259. The highest BCUT2D eigenvalue weighted by atomic mass is 32.2. The summed E-state index contributed by atoms with van der Waals surface area (Å²) in [7, 11) is -0.330. The second-order valence-corrected chi connectivity index (χ2v) is 7.75. The van der Waals surface area contributed by atoms with Crippen LogP contribution in [0.2, 0.25) is 0 Å². The molecule has 3 rings (SSSR count). The highest BCUT2D eigenvalue weighted by molar-refractivity contribution is 8.15. The summed E-state index contributed by atoms with van der Waals surface area (Å²) in [6.07, 6.45) is -3.54. The lowest BCUT2D eigenvalue weighted by Gasteiger charge is -2.28. The molecule has 1 aliphatic heterocycles. The van der Waals surface area contributed by atoms with Crippen LogP contribution in [0.5, 0.6) is 11.5 Å².